The zero-order valence-electron chi connectivity index (χ0n) is 13.3. The molecule has 0 bridgehead atoms. The molecule has 124 valence electrons. The Balaban J connectivity index is 1.71. The molecule has 2 saturated heterocycles. The van der Waals surface area contributed by atoms with E-state index in [4.69, 9.17) is 0 Å². The van der Waals surface area contributed by atoms with Crippen LogP contribution in [0.5, 0.6) is 0 Å². The third-order valence-electron chi connectivity index (χ3n) is 4.72. The van der Waals surface area contributed by atoms with E-state index >= 15 is 0 Å². The number of pyridine rings is 1. The lowest BCUT2D eigenvalue weighted by Crippen LogP contribution is -2.40. The molecule has 0 radical (unpaired) electrons. The van der Waals surface area contributed by atoms with Crippen molar-refractivity contribution < 1.29 is 14.7 Å². The summed E-state index contributed by atoms with van der Waals surface area (Å²) in [5.41, 5.74) is 0.469. The molecule has 1 atom stereocenters. The van der Waals surface area contributed by atoms with Crippen molar-refractivity contribution in [2.75, 3.05) is 24.5 Å². The standard InChI is InChI=1S/C17H23N3O3/c21-16(20-11-5-6-14(20)17(22)23)13-7-8-15(18-12-13)19-9-3-1-2-4-10-19/h7-8,12,14H,1-6,9-11H2,(H,22,23). The molecule has 3 rings (SSSR count). The highest BCUT2D eigenvalue weighted by atomic mass is 16.4. The quantitative estimate of drug-likeness (QED) is 0.924. The van der Waals surface area contributed by atoms with Crippen LogP contribution in [0, 0.1) is 0 Å². The first-order valence-corrected chi connectivity index (χ1v) is 8.41. The first kappa shape index (κ1) is 15.8. The second-order valence-electron chi connectivity index (χ2n) is 6.30. The summed E-state index contributed by atoms with van der Waals surface area (Å²) >= 11 is 0. The molecule has 23 heavy (non-hydrogen) atoms. The number of anilines is 1. The maximum atomic E-state index is 12.5. The summed E-state index contributed by atoms with van der Waals surface area (Å²) in [6, 6.07) is 2.95. The third-order valence-corrected chi connectivity index (χ3v) is 4.72. The number of hydrogen-bond donors (Lipinski definition) is 1. The van der Waals surface area contributed by atoms with Crippen molar-refractivity contribution in [3.05, 3.63) is 23.9 Å². The largest absolute Gasteiger partial charge is 0.480 e. The van der Waals surface area contributed by atoms with E-state index in [-0.39, 0.29) is 5.91 Å². The van der Waals surface area contributed by atoms with E-state index in [9.17, 15) is 14.7 Å². The van der Waals surface area contributed by atoms with Crippen LogP contribution in [0.3, 0.4) is 0 Å². The van der Waals surface area contributed by atoms with Gasteiger partial charge in [-0.05, 0) is 37.8 Å². The summed E-state index contributed by atoms with van der Waals surface area (Å²) in [6.45, 7) is 2.52. The molecule has 0 aliphatic carbocycles. The summed E-state index contributed by atoms with van der Waals surface area (Å²) in [7, 11) is 0. The number of carbonyl (C=O) groups is 2. The molecule has 1 aromatic rings. The molecule has 1 aromatic heterocycles. The summed E-state index contributed by atoms with van der Waals surface area (Å²) in [5, 5.41) is 9.20. The number of aromatic nitrogens is 1. The van der Waals surface area contributed by atoms with Crippen molar-refractivity contribution in [1.29, 1.82) is 0 Å². The lowest BCUT2D eigenvalue weighted by molar-refractivity contribution is -0.141. The van der Waals surface area contributed by atoms with Gasteiger partial charge in [-0.2, -0.15) is 0 Å². The molecule has 3 heterocycles. The van der Waals surface area contributed by atoms with E-state index in [1.165, 1.54) is 30.6 Å². The van der Waals surface area contributed by atoms with Crippen LogP contribution in [0.2, 0.25) is 0 Å². The van der Waals surface area contributed by atoms with Gasteiger partial charge in [0, 0.05) is 25.8 Å². The molecule has 0 aromatic carbocycles. The number of nitrogens with zero attached hydrogens (tertiary/aromatic N) is 3. The summed E-state index contributed by atoms with van der Waals surface area (Å²) < 4.78 is 0. The van der Waals surface area contributed by atoms with Gasteiger partial charge < -0.3 is 14.9 Å². The highest BCUT2D eigenvalue weighted by molar-refractivity contribution is 5.96. The number of aliphatic carboxylic acids is 1. The lowest BCUT2D eigenvalue weighted by Gasteiger charge is -2.23. The Morgan fingerprint density at radius 1 is 1.04 bits per heavy atom. The maximum Gasteiger partial charge on any atom is 0.326 e. The van der Waals surface area contributed by atoms with Crippen LogP contribution in [0.1, 0.15) is 48.9 Å². The highest BCUT2D eigenvalue weighted by Crippen LogP contribution is 2.22. The Labute approximate surface area is 136 Å². The summed E-state index contributed by atoms with van der Waals surface area (Å²) in [5.74, 6) is -0.255. The van der Waals surface area contributed by atoms with Crippen LogP contribution >= 0.6 is 0 Å². The number of amides is 1. The normalized spacial score (nSPS) is 22.0. The molecule has 2 aliphatic heterocycles. The minimum atomic E-state index is -0.926. The number of rotatable bonds is 3. The van der Waals surface area contributed by atoms with Crippen LogP contribution in [0.25, 0.3) is 0 Å². The second-order valence-corrected chi connectivity index (χ2v) is 6.30. The Morgan fingerprint density at radius 2 is 1.78 bits per heavy atom. The van der Waals surface area contributed by atoms with E-state index in [1.807, 2.05) is 6.07 Å². The Bertz CT molecular complexity index is 565. The zero-order valence-corrected chi connectivity index (χ0v) is 13.3. The third kappa shape index (κ3) is 3.46. The summed E-state index contributed by atoms with van der Waals surface area (Å²) in [6.07, 6.45) is 7.73. The molecule has 1 amide bonds. The topological polar surface area (TPSA) is 73.7 Å². The molecule has 1 N–H and O–H groups in total. The molecular weight excluding hydrogens is 294 g/mol. The molecule has 2 aliphatic rings. The minimum Gasteiger partial charge on any atom is -0.480 e. The first-order valence-electron chi connectivity index (χ1n) is 8.41. The van der Waals surface area contributed by atoms with E-state index in [0.717, 1.165) is 25.3 Å². The predicted molar refractivity (Wildman–Crippen MR) is 86.6 cm³/mol. The van der Waals surface area contributed by atoms with Gasteiger partial charge in [-0.1, -0.05) is 12.8 Å². The number of carboxylic acid groups (broad SMARTS) is 1. The number of carbonyl (C=O) groups excluding carboxylic acids is 1. The number of hydrogen-bond acceptors (Lipinski definition) is 4. The molecule has 6 heteroatoms. The fourth-order valence-corrected chi connectivity index (χ4v) is 3.43. The first-order chi connectivity index (χ1) is 11.2. The minimum absolute atomic E-state index is 0.232. The Kier molecular flexibility index (Phi) is 4.79. The van der Waals surface area contributed by atoms with Gasteiger partial charge in [0.05, 0.1) is 5.56 Å². The van der Waals surface area contributed by atoms with Crippen LogP contribution in [0.4, 0.5) is 5.82 Å². The van der Waals surface area contributed by atoms with E-state index in [1.54, 1.807) is 12.3 Å². The SMILES string of the molecule is O=C(O)C1CCCN1C(=O)c1ccc(N2CCCCCC2)nc1. The summed E-state index contributed by atoms with van der Waals surface area (Å²) in [4.78, 5) is 31.9. The van der Waals surface area contributed by atoms with Crippen molar-refractivity contribution in [3.8, 4) is 0 Å². The molecule has 2 fully saturated rings. The monoisotopic (exact) mass is 317 g/mol. The van der Waals surface area contributed by atoms with Crippen molar-refractivity contribution in [2.24, 2.45) is 0 Å². The number of carboxylic acids is 1. The smallest absolute Gasteiger partial charge is 0.326 e. The van der Waals surface area contributed by atoms with Gasteiger partial charge in [-0.25, -0.2) is 9.78 Å². The molecular formula is C17H23N3O3. The van der Waals surface area contributed by atoms with E-state index < -0.39 is 12.0 Å². The van der Waals surface area contributed by atoms with Crippen LogP contribution in [0.15, 0.2) is 18.3 Å². The van der Waals surface area contributed by atoms with Crippen molar-refractivity contribution in [3.63, 3.8) is 0 Å². The molecule has 0 spiro atoms. The van der Waals surface area contributed by atoms with E-state index in [0.29, 0.717) is 18.5 Å². The van der Waals surface area contributed by atoms with Gasteiger partial charge in [0.2, 0.25) is 0 Å². The maximum absolute atomic E-state index is 12.5. The van der Waals surface area contributed by atoms with Crippen molar-refractivity contribution in [1.82, 2.24) is 9.88 Å². The van der Waals surface area contributed by atoms with Crippen LogP contribution in [-0.4, -0.2) is 52.5 Å². The van der Waals surface area contributed by atoms with Crippen LogP contribution < -0.4 is 4.90 Å². The fourth-order valence-electron chi connectivity index (χ4n) is 3.43. The Morgan fingerprint density at radius 3 is 2.39 bits per heavy atom. The van der Waals surface area contributed by atoms with Gasteiger partial charge in [0.1, 0.15) is 11.9 Å². The molecule has 6 nitrogen and oxygen atoms in total. The molecule has 1 unspecified atom stereocenters. The lowest BCUT2D eigenvalue weighted by atomic mass is 10.2. The van der Waals surface area contributed by atoms with Gasteiger partial charge in [0.25, 0.3) is 5.91 Å². The fraction of sp³-hybridized carbons (Fsp3) is 0.588. The molecule has 0 saturated carbocycles. The van der Waals surface area contributed by atoms with E-state index in [2.05, 4.69) is 9.88 Å². The van der Waals surface area contributed by atoms with Crippen LogP contribution in [-0.2, 0) is 4.79 Å². The second kappa shape index (κ2) is 6.98. The average molecular weight is 317 g/mol. The van der Waals surface area contributed by atoms with Gasteiger partial charge in [0.15, 0.2) is 0 Å². The Hall–Kier alpha value is -2.11. The van der Waals surface area contributed by atoms with Gasteiger partial charge in [-0.15, -0.1) is 0 Å². The zero-order chi connectivity index (χ0) is 16.2. The van der Waals surface area contributed by atoms with Gasteiger partial charge >= 0.3 is 5.97 Å². The highest BCUT2D eigenvalue weighted by Gasteiger charge is 2.34. The van der Waals surface area contributed by atoms with Crippen molar-refractivity contribution >= 4 is 17.7 Å². The van der Waals surface area contributed by atoms with Gasteiger partial charge in [-0.3, -0.25) is 4.79 Å². The van der Waals surface area contributed by atoms with Crippen molar-refractivity contribution in [2.45, 2.75) is 44.6 Å². The predicted octanol–water partition coefficient (Wildman–Crippen LogP) is 2.15. The average Bonchev–Trinajstić information content (AvgIpc) is 2.90. The number of likely N-dealkylation sites (tertiary alicyclic amines) is 1.